The normalized spacial score (nSPS) is 22.5. The van der Waals surface area contributed by atoms with Crippen LogP contribution in [0, 0.1) is 23.4 Å². The van der Waals surface area contributed by atoms with Crippen LogP contribution in [0.3, 0.4) is 0 Å². The number of para-hydroxylation sites is 1. The van der Waals surface area contributed by atoms with Crippen molar-refractivity contribution < 1.29 is 32.0 Å². The number of halogens is 3. The Hall–Kier alpha value is -3.65. The topological polar surface area (TPSA) is 46.6 Å². The number of Topliss-reactive ketones (excluding diaryl/α,β-unsaturated/α-hetero) is 1. The molecule has 0 aliphatic carbocycles. The molecule has 3 aliphatic rings. The third-order valence-electron chi connectivity index (χ3n) is 7.56. The van der Waals surface area contributed by atoms with E-state index in [2.05, 4.69) is 0 Å². The van der Waals surface area contributed by atoms with Crippen molar-refractivity contribution in [3.63, 3.8) is 0 Å². The molecule has 0 saturated carbocycles. The molecule has 1 amide bonds. The van der Waals surface area contributed by atoms with Gasteiger partial charge in [0.15, 0.2) is 17.7 Å². The highest BCUT2D eigenvalue weighted by molar-refractivity contribution is 5.97. The number of hydrogen-bond donors (Lipinski definition) is 0. The van der Waals surface area contributed by atoms with Gasteiger partial charge in [0, 0.05) is 24.3 Å². The predicted octanol–water partition coefficient (Wildman–Crippen LogP) is 5.74. The van der Waals surface area contributed by atoms with Crippen LogP contribution in [0.25, 0.3) is 0 Å². The second-order valence-electron chi connectivity index (χ2n) is 9.96. The average molecular weight is 510 g/mol. The second-order valence-corrected chi connectivity index (χ2v) is 9.96. The van der Waals surface area contributed by atoms with Crippen LogP contribution in [0.1, 0.15) is 28.8 Å². The zero-order valence-electron chi connectivity index (χ0n) is 20.3. The summed E-state index contributed by atoms with van der Waals surface area (Å²) in [6.45, 7) is 2.31. The van der Waals surface area contributed by atoms with Crippen LogP contribution in [0.4, 0.5) is 23.7 Å². The van der Waals surface area contributed by atoms with Crippen molar-refractivity contribution in [3.05, 3.63) is 101 Å². The molecule has 37 heavy (non-hydrogen) atoms. The molecule has 3 aliphatic heterocycles. The number of fused-ring (bicyclic) bond motifs is 3. The van der Waals surface area contributed by atoms with Crippen molar-refractivity contribution in [3.8, 4) is 0 Å². The number of ether oxygens (including phenoxy) is 1. The highest BCUT2D eigenvalue weighted by Crippen LogP contribution is 2.36. The minimum absolute atomic E-state index is 0.0124. The van der Waals surface area contributed by atoms with Gasteiger partial charge in [-0.3, -0.25) is 9.69 Å². The quantitative estimate of drug-likeness (QED) is 0.302. The van der Waals surface area contributed by atoms with Crippen LogP contribution < -0.4 is 4.90 Å². The maximum atomic E-state index is 14.7. The third kappa shape index (κ3) is 5.39. The summed E-state index contributed by atoms with van der Waals surface area (Å²) in [5.74, 6) is -2.48. The maximum absolute atomic E-state index is 14.7. The van der Waals surface area contributed by atoms with Crippen molar-refractivity contribution in [1.82, 2.24) is 0 Å². The molecule has 5 nitrogen and oxygen atoms in total. The van der Waals surface area contributed by atoms with Gasteiger partial charge in [-0.05, 0) is 29.8 Å². The Kier molecular flexibility index (Phi) is 7.02. The number of ketones is 1. The molecule has 8 heteroatoms. The summed E-state index contributed by atoms with van der Waals surface area (Å²) in [7, 11) is 0. The molecule has 0 N–H and O–H groups in total. The molecular formula is C29H28F3N2O3+. The molecule has 0 radical (unpaired) electrons. The molecule has 192 valence electrons. The molecule has 3 heterocycles. The predicted molar refractivity (Wildman–Crippen MR) is 132 cm³/mol. The van der Waals surface area contributed by atoms with Crippen LogP contribution in [0.5, 0.6) is 0 Å². The number of hydrogen-bond acceptors (Lipinski definition) is 3. The largest absolute Gasteiger partial charge is 0.440 e. The van der Waals surface area contributed by atoms with Gasteiger partial charge in [0.2, 0.25) is 5.78 Å². The van der Waals surface area contributed by atoms with Gasteiger partial charge >= 0.3 is 6.09 Å². The minimum atomic E-state index is -1.05. The fourth-order valence-electron chi connectivity index (χ4n) is 5.53. The minimum Gasteiger partial charge on any atom is -0.440 e. The smallest absolute Gasteiger partial charge is 0.415 e. The van der Waals surface area contributed by atoms with Gasteiger partial charge in [0.1, 0.15) is 18.9 Å². The Labute approximate surface area is 213 Å². The summed E-state index contributed by atoms with van der Waals surface area (Å²) >= 11 is 0. The highest BCUT2D eigenvalue weighted by Gasteiger charge is 2.49. The zero-order valence-corrected chi connectivity index (χ0v) is 20.3. The molecule has 0 unspecified atom stereocenters. The Morgan fingerprint density at radius 2 is 1.57 bits per heavy atom. The first-order valence-electron chi connectivity index (χ1n) is 12.4. The van der Waals surface area contributed by atoms with Crippen molar-refractivity contribution in [1.29, 1.82) is 0 Å². The van der Waals surface area contributed by atoms with E-state index in [0.717, 1.165) is 43.0 Å². The number of nitrogens with zero attached hydrogens (tertiary/aromatic N) is 2. The van der Waals surface area contributed by atoms with Crippen molar-refractivity contribution in [2.75, 3.05) is 31.1 Å². The van der Waals surface area contributed by atoms with E-state index >= 15 is 0 Å². The number of carbonyl (C=O) groups excluding carboxylic acids is 2. The Balaban J connectivity index is 1.35. The van der Waals surface area contributed by atoms with Gasteiger partial charge in [-0.2, -0.15) is 0 Å². The second kappa shape index (κ2) is 10.4. The fourth-order valence-corrected chi connectivity index (χ4v) is 5.53. The summed E-state index contributed by atoms with van der Waals surface area (Å²) in [6.07, 6.45) is 0.449. The van der Waals surface area contributed by atoms with Crippen LogP contribution >= 0.6 is 0 Å². The van der Waals surface area contributed by atoms with E-state index in [0.29, 0.717) is 28.7 Å². The molecular weight excluding hydrogens is 481 g/mol. The van der Waals surface area contributed by atoms with Gasteiger partial charge in [0.25, 0.3) is 0 Å². The number of carbonyl (C=O) groups is 2. The lowest BCUT2D eigenvalue weighted by atomic mass is 9.83. The van der Waals surface area contributed by atoms with Crippen molar-refractivity contribution in [2.24, 2.45) is 5.92 Å². The van der Waals surface area contributed by atoms with Gasteiger partial charge in [-0.25, -0.2) is 18.0 Å². The molecule has 3 aromatic rings. The standard InChI is InChI=1S/C29H28F3N2O3/c30-23-11-10-20(16-25(23)32)17-33(26-9-5-4-8-24(26)31)29(36)37-28-19-34(14-12-22(28)13-15-34)18-27(35)21-6-2-1-3-7-21/h1-11,16,22,28H,12-15,17-19H2/q+1/t22?,28-,34?/m0/s1. The van der Waals surface area contributed by atoms with Gasteiger partial charge in [0.05, 0.1) is 25.3 Å². The average Bonchev–Trinajstić information content (AvgIpc) is 2.90. The number of amides is 1. The number of piperidine rings is 3. The van der Waals surface area contributed by atoms with E-state index in [4.69, 9.17) is 4.74 Å². The third-order valence-corrected chi connectivity index (χ3v) is 7.56. The summed E-state index contributed by atoms with van der Waals surface area (Å²) in [4.78, 5) is 27.5. The number of benzene rings is 3. The first-order valence-corrected chi connectivity index (χ1v) is 12.4. The van der Waals surface area contributed by atoms with E-state index in [9.17, 15) is 22.8 Å². The van der Waals surface area contributed by atoms with Crippen LogP contribution in [-0.4, -0.2) is 48.6 Å². The Bertz CT molecular complexity index is 1290. The summed E-state index contributed by atoms with van der Waals surface area (Å²) < 4.78 is 48.5. The first-order chi connectivity index (χ1) is 17.8. The first kappa shape index (κ1) is 25.0. The van der Waals surface area contributed by atoms with Crippen LogP contribution in [0.15, 0.2) is 72.8 Å². The van der Waals surface area contributed by atoms with Gasteiger partial charge < -0.3 is 9.22 Å². The van der Waals surface area contributed by atoms with Gasteiger partial charge in [-0.15, -0.1) is 0 Å². The van der Waals surface area contributed by atoms with E-state index in [-0.39, 0.29) is 23.9 Å². The number of quaternary nitrogens is 1. The monoisotopic (exact) mass is 509 g/mol. The summed E-state index contributed by atoms with van der Waals surface area (Å²) in [6, 6.07) is 18.2. The lowest BCUT2D eigenvalue weighted by Crippen LogP contribution is -2.66. The van der Waals surface area contributed by atoms with Crippen LogP contribution in [0.2, 0.25) is 0 Å². The number of rotatable bonds is 7. The van der Waals surface area contributed by atoms with E-state index in [1.54, 1.807) is 18.2 Å². The lowest BCUT2D eigenvalue weighted by molar-refractivity contribution is -0.938. The Morgan fingerprint density at radius 3 is 2.27 bits per heavy atom. The zero-order chi connectivity index (χ0) is 26.0. The highest BCUT2D eigenvalue weighted by atomic mass is 19.2. The number of anilines is 1. The maximum Gasteiger partial charge on any atom is 0.415 e. The molecule has 0 spiro atoms. The van der Waals surface area contributed by atoms with Gasteiger partial charge in [-0.1, -0.05) is 48.5 Å². The van der Waals surface area contributed by atoms with Crippen LogP contribution in [-0.2, 0) is 11.3 Å². The molecule has 3 fully saturated rings. The Morgan fingerprint density at radius 1 is 0.865 bits per heavy atom. The summed E-state index contributed by atoms with van der Waals surface area (Å²) in [5, 5.41) is 0. The molecule has 3 saturated heterocycles. The molecule has 6 rings (SSSR count). The lowest BCUT2D eigenvalue weighted by Gasteiger charge is -2.51. The van der Waals surface area contributed by atoms with E-state index in [1.165, 1.54) is 24.3 Å². The molecule has 3 aromatic carbocycles. The van der Waals surface area contributed by atoms with Crippen molar-refractivity contribution in [2.45, 2.75) is 25.5 Å². The molecule has 1 atom stereocenters. The SMILES string of the molecule is O=C(C[N+]12CCC(CC1)[C@@H](OC(=O)N(Cc1ccc(F)c(F)c1)c1ccccc1F)C2)c1ccccc1. The molecule has 2 bridgehead atoms. The molecule has 0 aromatic heterocycles. The fraction of sp³-hybridized carbons (Fsp3) is 0.310. The van der Waals surface area contributed by atoms with Crippen molar-refractivity contribution >= 4 is 17.6 Å². The van der Waals surface area contributed by atoms with E-state index < -0.39 is 29.6 Å². The summed E-state index contributed by atoms with van der Waals surface area (Å²) in [5.41, 5.74) is 0.945. The van der Waals surface area contributed by atoms with E-state index in [1.807, 2.05) is 18.2 Å².